The van der Waals surface area contributed by atoms with Crippen LogP contribution in [0.4, 0.5) is 0 Å². The van der Waals surface area contributed by atoms with E-state index in [2.05, 4.69) is 118 Å². The topological polar surface area (TPSA) is 35.5 Å². The lowest BCUT2D eigenvalue weighted by atomic mass is 9.78. The molecule has 0 N–H and O–H groups in total. The Morgan fingerprint density at radius 3 is 1.59 bits per heavy atom. The summed E-state index contributed by atoms with van der Waals surface area (Å²) in [4.78, 5) is 14.4. The van der Waals surface area contributed by atoms with Gasteiger partial charge in [-0.2, -0.15) is 0 Å². The van der Waals surface area contributed by atoms with Crippen molar-refractivity contribution < 1.29 is 13.6 Å². The van der Waals surface area contributed by atoms with Gasteiger partial charge in [0.1, 0.15) is 29.5 Å². The Balaban J connectivity index is 1.67. The molecule has 0 aromatic heterocycles. The molecule has 2 aliphatic carbocycles. The Hall–Kier alpha value is -2.93. The van der Waals surface area contributed by atoms with Gasteiger partial charge in [-0.3, -0.25) is 4.79 Å². The predicted molar refractivity (Wildman–Crippen MR) is 171 cm³/mol. The Labute approximate surface area is 237 Å². The van der Waals surface area contributed by atoms with Crippen LogP contribution in [0.25, 0.3) is 0 Å². The molecular weight excluding hydrogens is 532 g/mol. The van der Waals surface area contributed by atoms with E-state index >= 15 is 0 Å². The van der Waals surface area contributed by atoms with Gasteiger partial charge in [0.2, 0.25) is 5.78 Å². The maximum absolute atomic E-state index is 14.4. The van der Waals surface area contributed by atoms with E-state index in [1.54, 1.807) is 0 Å². The smallest absolute Gasteiger partial charge is 0.222 e. The number of allylic oxidation sites excluding steroid dienone is 7. The normalized spacial score (nSPS) is 16.8. The SMILES string of the molecule is C[SiH2]OC(O[SiH2]C)C(C)(C)C1=CC=C2C=C([P+](c3ccccc3)(c3ccccc3)c3ccccc3)C(=O)C=C21. The summed E-state index contributed by atoms with van der Waals surface area (Å²) in [6.07, 6.45) is 8.08. The fraction of sp³-hybridized carbons (Fsp3) is 0.182. The van der Waals surface area contributed by atoms with Crippen LogP contribution in [0.2, 0.25) is 13.1 Å². The molecule has 0 aliphatic heterocycles. The first-order valence-electron chi connectivity index (χ1n) is 13.6. The van der Waals surface area contributed by atoms with Crippen molar-refractivity contribution in [1.82, 2.24) is 0 Å². The standard InChI is InChI=1S/C33H36O3PSi2/c1-33(2,32(35-38-3)36-39-4)29-21-20-24-22-31(30(34)23-28(24)29)37(25-14-8-5-9-15-25,26-16-10-6-11-17-26)27-18-12-7-13-19-27/h5-23,32H,38-39H2,1-4H3/q+1. The summed E-state index contributed by atoms with van der Waals surface area (Å²) in [5.74, 6) is 0.0729. The lowest BCUT2D eigenvalue weighted by Gasteiger charge is -2.37. The lowest BCUT2D eigenvalue weighted by Crippen LogP contribution is -2.38. The molecule has 0 unspecified atom stereocenters. The molecule has 6 heteroatoms. The van der Waals surface area contributed by atoms with E-state index in [9.17, 15) is 4.79 Å². The Kier molecular flexibility index (Phi) is 8.27. The van der Waals surface area contributed by atoms with E-state index in [0.29, 0.717) is 0 Å². The maximum Gasteiger partial charge on any atom is 0.222 e. The van der Waals surface area contributed by atoms with Gasteiger partial charge in [-0.1, -0.05) is 93.7 Å². The van der Waals surface area contributed by atoms with Crippen molar-refractivity contribution in [2.75, 3.05) is 0 Å². The molecule has 3 aromatic carbocycles. The van der Waals surface area contributed by atoms with Gasteiger partial charge in [0.05, 0.1) is 0 Å². The van der Waals surface area contributed by atoms with Gasteiger partial charge in [0, 0.05) is 5.41 Å². The van der Waals surface area contributed by atoms with Crippen molar-refractivity contribution in [2.45, 2.75) is 33.2 Å². The molecule has 5 rings (SSSR count). The second kappa shape index (κ2) is 11.7. The van der Waals surface area contributed by atoms with Crippen LogP contribution in [-0.2, 0) is 13.6 Å². The van der Waals surface area contributed by atoms with Crippen LogP contribution >= 0.6 is 7.26 Å². The summed E-state index contributed by atoms with van der Waals surface area (Å²) in [6.45, 7) is 8.62. The first kappa shape index (κ1) is 27.6. The number of hydrogen-bond acceptors (Lipinski definition) is 3. The average molecular weight is 568 g/mol. The van der Waals surface area contributed by atoms with Crippen LogP contribution in [0.5, 0.6) is 0 Å². The largest absolute Gasteiger partial charge is 0.400 e. The summed E-state index contributed by atoms with van der Waals surface area (Å²) in [6, 6.07) is 31.7. The Morgan fingerprint density at radius 2 is 1.15 bits per heavy atom. The molecule has 0 heterocycles. The lowest BCUT2D eigenvalue weighted by molar-refractivity contribution is -0.110. The van der Waals surface area contributed by atoms with E-state index in [-0.39, 0.29) is 17.5 Å². The molecule has 39 heavy (non-hydrogen) atoms. The van der Waals surface area contributed by atoms with Gasteiger partial charge in [-0.25, -0.2) is 0 Å². The number of fused-ring (bicyclic) bond motifs is 1. The highest BCUT2D eigenvalue weighted by molar-refractivity contribution is 7.99. The number of carbonyl (C=O) groups excluding carboxylic acids is 1. The first-order valence-corrected chi connectivity index (χ1v) is 19.4. The third kappa shape index (κ3) is 4.95. The highest BCUT2D eigenvalue weighted by atomic mass is 31.2. The van der Waals surface area contributed by atoms with Gasteiger partial charge in [0.25, 0.3) is 0 Å². The number of carbonyl (C=O) groups is 1. The zero-order valence-electron chi connectivity index (χ0n) is 23.1. The van der Waals surface area contributed by atoms with Crippen LogP contribution in [0.1, 0.15) is 13.8 Å². The van der Waals surface area contributed by atoms with Crippen LogP contribution in [0, 0.1) is 5.41 Å². The summed E-state index contributed by atoms with van der Waals surface area (Å²) in [7, 11) is -3.78. The fourth-order valence-corrected chi connectivity index (χ4v) is 11.9. The van der Waals surface area contributed by atoms with Crippen molar-refractivity contribution in [3.05, 3.63) is 137 Å². The van der Waals surface area contributed by atoms with Gasteiger partial charge >= 0.3 is 0 Å². The minimum absolute atomic E-state index is 0.0729. The van der Waals surface area contributed by atoms with E-state index in [1.807, 2.05) is 24.3 Å². The second-order valence-corrected chi connectivity index (χ2v) is 15.5. The molecule has 0 radical (unpaired) electrons. The highest BCUT2D eigenvalue weighted by Crippen LogP contribution is 2.64. The molecule has 0 atom stereocenters. The third-order valence-corrected chi connectivity index (χ3v) is 13.1. The van der Waals surface area contributed by atoms with Crippen LogP contribution < -0.4 is 15.9 Å². The molecule has 2 aliphatic rings. The maximum atomic E-state index is 14.4. The van der Waals surface area contributed by atoms with Crippen LogP contribution in [0.3, 0.4) is 0 Å². The van der Waals surface area contributed by atoms with Crippen molar-refractivity contribution in [1.29, 1.82) is 0 Å². The number of ketones is 1. The second-order valence-electron chi connectivity index (χ2n) is 10.3. The van der Waals surface area contributed by atoms with E-state index in [4.69, 9.17) is 8.85 Å². The van der Waals surface area contributed by atoms with E-state index in [0.717, 1.165) is 22.0 Å². The van der Waals surface area contributed by atoms with Gasteiger partial charge < -0.3 is 8.85 Å². The van der Waals surface area contributed by atoms with E-state index in [1.165, 1.54) is 15.9 Å². The Bertz CT molecular complexity index is 1360. The van der Waals surface area contributed by atoms with Crippen molar-refractivity contribution >= 4 is 48.5 Å². The van der Waals surface area contributed by atoms with Crippen molar-refractivity contribution in [3.63, 3.8) is 0 Å². The van der Waals surface area contributed by atoms with Crippen LogP contribution in [0.15, 0.2) is 137 Å². The average Bonchev–Trinajstić information content (AvgIpc) is 3.39. The molecule has 198 valence electrons. The number of hydrogen-bond donors (Lipinski definition) is 0. The molecular formula is C33H36O3PSi2+. The monoisotopic (exact) mass is 567 g/mol. The van der Waals surface area contributed by atoms with Gasteiger partial charge in [0.15, 0.2) is 24.8 Å². The van der Waals surface area contributed by atoms with Gasteiger partial charge in [-0.05, 0) is 65.3 Å². The molecule has 3 nitrogen and oxygen atoms in total. The minimum Gasteiger partial charge on any atom is -0.400 e. The summed E-state index contributed by atoms with van der Waals surface area (Å²) >= 11 is 0. The highest BCUT2D eigenvalue weighted by Gasteiger charge is 2.53. The summed E-state index contributed by atoms with van der Waals surface area (Å²) in [5, 5.41) is 4.38. The van der Waals surface area contributed by atoms with E-state index < -0.39 is 26.8 Å². The molecule has 0 amide bonds. The fourth-order valence-electron chi connectivity index (χ4n) is 5.76. The zero-order chi connectivity index (χ0) is 27.5. The molecule has 0 spiro atoms. The minimum atomic E-state index is -2.47. The van der Waals surface area contributed by atoms with Gasteiger partial charge in [-0.15, -0.1) is 0 Å². The van der Waals surface area contributed by atoms with Crippen LogP contribution in [-0.4, -0.2) is 31.6 Å². The summed E-state index contributed by atoms with van der Waals surface area (Å²) < 4.78 is 12.4. The quantitative estimate of drug-likeness (QED) is 0.199. The predicted octanol–water partition coefficient (Wildman–Crippen LogP) is 4.89. The third-order valence-electron chi connectivity index (χ3n) is 7.56. The molecule has 0 bridgehead atoms. The number of rotatable bonds is 10. The molecule has 0 fully saturated rings. The first-order chi connectivity index (χ1) is 18.9. The molecule has 3 aromatic rings. The molecule has 0 saturated carbocycles. The summed E-state index contributed by atoms with van der Waals surface area (Å²) in [5.41, 5.74) is 2.82. The zero-order valence-corrected chi connectivity index (χ0v) is 26.9. The molecule has 0 saturated heterocycles. The van der Waals surface area contributed by atoms with Crippen molar-refractivity contribution in [3.8, 4) is 0 Å². The Morgan fingerprint density at radius 1 is 0.692 bits per heavy atom. The number of benzene rings is 3. The van der Waals surface area contributed by atoms with Crippen molar-refractivity contribution in [2.24, 2.45) is 5.41 Å².